The zero-order valence-electron chi connectivity index (χ0n) is 12.7. The summed E-state index contributed by atoms with van der Waals surface area (Å²) in [6.07, 6.45) is 1.61. The van der Waals surface area contributed by atoms with E-state index in [-0.39, 0.29) is 0 Å². The number of benzene rings is 1. The Labute approximate surface area is 122 Å². The maximum atomic E-state index is 12.9. The Hall–Kier alpha value is -1.17. The minimum Gasteiger partial charge on any atom is -0.316 e. The molecule has 4 nitrogen and oxygen atoms in total. The molecule has 0 aliphatic rings. The summed E-state index contributed by atoms with van der Waals surface area (Å²) in [4.78, 5) is 0.353. The van der Waals surface area contributed by atoms with Crippen LogP contribution in [-0.2, 0) is 16.6 Å². The predicted molar refractivity (Wildman–Crippen MR) is 83.0 cm³/mol. The summed E-state index contributed by atoms with van der Waals surface area (Å²) in [7, 11) is -1.75. The van der Waals surface area contributed by atoms with Crippen LogP contribution in [0.25, 0.3) is 0 Å². The van der Waals surface area contributed by atoms with E-state index < -0.39 is 15.6 Å². The highest BCUT2D eigenvalue weighted by molar-refractivity contribution is 7.89. The van der Waals surface area contributed by atoms with Gasteiger partial charge in [0.2, 0.25) is 10.0 Å². The molecule has 20 heavy (non-hydrogen) atoms. The molecule has 1 aromatic rings. The molecule has 5 heteroatoms. The van der Waals surface area contributed by atoms with E-state index in [0.29, 0.717) is 18.0 Å². The molecule has 0 spiro atoms. The summed E-state index contributed by atoms with van der Waals surface area (Å²) in [6, 6.07) is 7.09. The molecule has 0 heterocycles. The van der Waals surface area contributed by atoms with E-state index in [2.05, 4.69) is 11.9 Å². The smallest absolute Gasteiger partial charge is 0.244 e. The molecule has 0 saturated carbocycles. The van der Waals surface area contributed by atoms with Crippen LogP contribution in [0, 0.1) is 0 Å². The van der Waals surface area contributed by atoms with Gasteiger partial charge in [0.1, 0.15) is 0 Å². The third kappa shape index (κ3) is 3.69. The molecule has 0 amide bonds. The van der Waals surface area contributed by atoms with E-state index in [1.807, 2.05) is 32.9 Å². The Morgan fingerprint density at radius 1 is 1.30 bits per heavy atom. The second kappa shape index (κ2) is 6.52. The molecule has 0 aliphatic carbocycles. The Bertz CT molecular complexity index is 559. The van der Waals surface area contributed by atoms with Crippen LogP contribution in [0.3, 0.4) is 0 Å². The van der Waals surface area contributed by atoms with Crippen LogP contribution in [-0.4, -0.2) is 31.9 Å². The SMILES string of the molecule is C=CCN(C(C)(C)C)S(=O)(=O)c1ccccc1CNC. The first-order valence-electron chi connectivity index (χ1n) is 6.61. The summed E-state index contributed by atoms with van der Waals surface area (Å²) >= 11 is 0. The lowest BCUT2D eigenvalue weighted by Gasteiger charge is -2.34. The summed E-state index contributed by atoms with van der Waals surface area (Å²) < 4.78 is 27.3. The molecule has 112 valence electrons. The summed E-state index contributed by atoms with van der Waals surface area (Å²) in [6.45, 7) is 10.1. The third-order valence-electron chi connectivity index (χ3n) is 2.95. The van der Waals surface area contributed by atoms with Crippen molar-refractivity contribution in [3.05, 3.63) is 42.5 Å². The van der Waals surface area contributed by atoms with Gasteiger partial charge in [0.15, 0.2) is 0 Å². The molecule has 1 rings (SSSR count). The van der Waals surface area contributed by atoms with Crippen LogP contribution in [0.15, 0.2) is 41.8 Å². The van der Waals surface area contributed by atoms with Gasteiger partial charge in [-0.2, -0.15) is 4.31 Å². The van der Waals surface area contributed by atoms with Crippen molar-refractivity contribution in [2.24, 2.45) is 0 Å². The first kappa shape index (κ1) is 16.9. The van der Waals surface area contributed by atoms with Crippen molar-refractivity contribution in [2.45, 2.75) is 37.8 Å². The molecule has 0 aromatic heterocycles. The normalized spacial score (nSPS) is 12.7. The second-order valence-corrected chi connectivity index (χ2v) is 7.46. The minimum absolute atomic E-state index is 0.291. The van der Waals surface area contributed by atoms with E-state index in [0.717, 1.165) is 5.56 Å². The maximum Gasteiger partial charge on any atom is 0.244 e. The minimum atomic E-state index is -3.55. The van der Waals surface area contributed by atoms with E-state index >= 15 is 0 Å². The van der Waals surface area contributed by atoms with Gasteiger partial charge in [-0.1, -0.05) is 24.3 Å². The van der Waals surface area contributed by atoms with Crippen molar-refractivity contribution in [3.8, 4) is 0 Å². The summed E-state index contributed by atoms with van der Waals surface area (Å²) in [5.41, 5.74) is 0.271. The average molecular weight is 296 g/mol. The van der Waals surface area contributed by atoms with Crippen molar-refractivity contribution in [1.82, 2.24) is 9.62 Å². The molecule has 0 fully saturated rings. The van der Waals surface area contributed by atoms with Gasteiger partial charge in [0, 0.05) is 18.6 Å². The number of nitrogens with zero attached hydrogens (tertiary/aromatic N) is 1. The Kier molecular flexibility index (Phi) is 5.50. The zero-order chi connectivity index (χ0) is 15.4. The van der Waals surface area contributed by atoms with Gasteiger partial charge < -0.3 is 5.32 Å². The Morgan fingerprint density at radius 3 is 2.40 bits per heavy atom. The van der Waals surface area contributed by atoms with Crippen LogP contribution in [0.5, 0.6) is 0 Å². The Morgan fingerprint density at radius 2 is 1.90 bits per heavy atom. The predicted octanol–water partition coefficient (Wildman–Crippen LogP) is 2.38. The fraction of sp³-hybridized carbons (Fsp3) is 0.467. The lowest BCUT2D eigenvalue weighted by molar-refractivity contribution is 0.269. The highest BCUT2D eigenvalue weighted by Crippen LogP contribution is 2.26. The molecule has 1 aromatic carbocycles. The van der Waals surface area contributed by atoms with Gasteiger partial charge in [-0.3, -0.25) is 0 Å². The van der Waals surface area contributed by atoms with Gasteiger partial charge >= 0.3 is 0 Å². The van der Waals surface area contributed by atoms with Gasteiger partial charge in [0.25, 0.3) is 0 Å². The van der Waals surface area contributed by atoms with Crippen LogP contribution < -0.4 is 5.32 Å². The first-order valence-corrected chi connectivity index (χ1v) is 8.05. The quantitative estimate of drug-likeness (QED) is 0.820. The summed E-state index contributed by atoms with van der Waals surface area (Å²) in [5, 5.41) is 3.00. The molecule has 0 aliphatic heterocycles. The van der Waals surface area contributed by atoms with E-state index in [4.69, 9.17) is 0 Å². The second-order valence-electron chi connectivity index (χ2n) is 5.63. The van der Waals surface area contributed by atoms with Crippen LogP contribution >= 0.6 is 0 Å². The van der Waals surface area contributed by atoms with E-state index in [9.17, 15) is 8.42 Å². The van der Waals surface area contributed by atoms with Gasteiger partial charge in [-0.05, 0) is 39.4 Å². The van der Waals surface area contributed by atoms with Crippen molar-refractivity contribution >= 4 is 10.0 Å². The highest BCUT2D eigenvalue weighted by Gasteiger charge is 2.34. The number of rotatable bonds is 6. The number of nitrogens with one attached hydrogen (secondary N) is 1. The Balaban J connectivity index is 3.37. The molecule has 0 atom stereocenters. The van der Waals surface area contributed by atoms with Crippen LogP contribution in [0.2, 0.25) is 0 Å². The topological polar surface area (TPSA) is 49.4 Å². The lowest BCUT2D eigenvalue weighted by Crippen LogP contribution is -2.45. The fourth-order valence-electron chi connectivity index (χ4n) is 2.06. The molecular formula is C15H24N2O2S. The molecule has 0 radical (unpaired) electrons. The van der Waals surface area contributed by atoms with Gasteiger partial charge in [-0.15, -0.1) is 6.58 Å². The van der Waals surface area contributed by atoms with Crippen LogP contribution in [0.4, 0.5) is 0 Å². The molecule has 0 bridgehead atoms. The van der Waals surface area contributed by atoms with Gasteiger partial charge in [-0.25, -0.2) is 8.42 Å². The molecule has 1 N–H and O–H groups in total. The monoisotopic (exact) mass is 296 g/mol. The van der Waals surface area contributed by atoms with Crippen LogP contribution in [0.1, 0.15) is 26.3 Å². The third-order valence-corrected chi connectivity index (χ3v) is 5.18. The van der Waals surface area contributed by atoms with Gasteiger partial charge in [0.05, 0.1) is 4.90 Å². The maximum absolute atomic E-state index is 12.9. The number of hydrogen-bond acceptors (Lipinski definition) is 3. The highest BCUT2D eigenvalue weighted by atomic mass is 32.2. The zero-order valence-corrected chi connectivity index (χ0v) is 13.5. The van der Waals surface area contributed by atoms with Crippen molar-refractivity contribution in [2.75, 3.05) is 13.6 Å². The number of hydrogen-bond donors (Lipinski definition) is 1. The molecule has 0 saturated heterocycles. The number of sulfonamides is 1. The van der Waals surface area contributed by atoms with Crippen molar-refractivity contribution in [3.63, 3.8) is 0 Å². The van der Waals surface area contributed by atoms with Crippen molar-refractivity contribution < 1.29 is 8.42 Å². The van der Waals surface area contributed by atoms with Crippen molar-refractivity contribution in [1.29, 1.82) is 0 Å². The molecule has 0 unspecified atom stereocenters. The van der Waals surface area contributed by atoms with E-state index in [1.165, 1.54) is 4.31 Å². The first-order chi connectivity index (χ1) is 9.25. The standard InChI is InChI=1S/C15H24N2O2S/c1-6-11-17(15(2,3)4)20(18,19)14-10-8-7-9-13(14)12-16-5/h6-10,16H,1,11-12H2,2-5H3. The molecular weight excluding hydrogens is 272 g/mol. The fourth-order valence-corrected chi connectivity index (χ4v) is 4.04. The lowest BCUT2D eigenvalue weighted by atomic mass is 10.1. The van der Waals surface area contributed by atoms with E-state index in [1.54, 1.807) is 25.3 Å². The summed E-state index contributed by atoms with van der Waals surface area (Å²) in [5.74, 6) is 0. The largest absolute Gasteiger partial charge is 0.316 e. The average Bonchev–Trinajstić information content (AvgIpc) is 2.35.